The summed E-state index contributed by atoms with van der Waals surface area (Å²) in [6.45, 7) is 0.481. The summed E-state index contributed by atoms with van der Waals surface area (Å²) in [5.41, 5.74) is 1.72. The summed E-state index contributed by atoms with van der Waals surface area (Å²) >= 11 is 0. The minimum absolute atomic E-state index is 0.134. The van der Waals surface area contributed by atoms with Gasteiger partial charge >= 0.3 is 0 Å². The molecule has 1 aromatic carbocycles. The van der Waals surface area contributed by atoms with E-state index in [0.717, 1.165) is 24.0 Å². The molecule has 1 aliphatic rings. The average molecular weight is 247 g/mol. The van der Waals surface area contributed by atoms with Crippen molar-refractivity contribution in [1.29, 1.82) is 0 Å². The van der Waals surface area contributed by atoms with Gasteiger partial charge in [-0.1, -0.05) is 24.3 Å². The molecule has 0 amide bonds. The van der Waals surface area contributed by atoms with Crippen LogP contribution in [-0.4, -0.2) is 26.9 Å². The number of rotatable bonds is 6. The molecular weight excluding hydrogens is 230 g/mol. The fourth-order valence-electron chi connectivity index (χ4n) is 2.28. The molecule has 4 heteroatoms. The molecule has 0 aliphatic heterocycles. The maximum absolute atomic E-state index is 10.6. The van der Waals surface area contributed by atoms with E-state index in [0.29, 0.717) is 6.61 Å². The smallest absolute Gasteiger partial charge is 0.235 e. The molecule has 0 aromatic heterocycles. The average Bonchev–Trinajstić information content (AvgIpc) is 3.17. The van der Waals surface area contributed by atoms with Crippen LogP contribution in [0.25, 0.3) is 0 Å². The van der Waals surface area contributed by atoms with Crippen LogP contribution in [0.5, 0.6) is 0 Å². The zero-order valence-corrected chi connectivity index (χ0v) is 10.7. The van der Waals surface area contributed by atoms with Gasteiger partial charge in [0.25, 0.3) is 0 Å². The zero-order valence-electron chi connectivity index (χ0n) is 10.7. The Bertz CT molecular complexity index is 462. The largest absolute Gasteiger partial charge is 0.382 e. The van der Waals surface area contributed by atoms with Crippen LogP contribution in [0.2, 0.25) is 0 Å². The van der Waals surface area contributed by atoms with Crippen molar-refractivity contribution in [3.63, 3.8) is 0 Å². The summed E-state index contributed by atoms with van der Waals surface area (Å²) in [5.74, 6) is 0. The van der Waals surface area contributed by atoms with E-state index in [9.17, 15) is 4.79 Å². The quantitative estimate of drug-likeness (QED) is 0.572. The van der Waals surface area contributed by atoms with Gasteiger partial charge in [-0.15, -0.1) is 0 Å². The first-order valence-corrected chi connectivity index (χ1v) is 5.97. The van der Waals surface area contributed by atoms with Gasteiger partial charge < -0.3 is 9.47 Å². The second-order valence-corrected chi connectivity index (χ2v) is 4.50. The molecular formula is C14H17NO3. The highest BCUT2D eigenvalue weighted by Gasteiger charge is 2.46. The predicted molar refractivity (Wildman–Crippen MR) is 67.1 cm³/mol. The van der Waals surface area contributed by atoms with Crippen molar-refractivity contribution in [2.75, 3.05) is 20.8 Å². The summed E-state index contributed by atoms with van der Waals surface area (Å²) in [6, 6.07) is 7.92. The van der Waals surface area contributed by atoms with E-state index in [1.807, 2.05) is 24.3 Å². The van der Waals surface area contributed by atoms with E-state index in [-0.39, 0.29) is 11.6 Å². The molecule has 1 saturated carbocycles. The molecule has 4 nitrogen and oxygen atoms in total. The minimum Gasteiger partial charge on any atom is -0.382 e. The Morgan fingerprint density at radius 2 is 2.11 bits per heavy atom. The number of hydrogen-bond donors (Lipinski definition) is 0. The molecule has 1 aromatic rings. The summed E-state index contributed by atoms with van der Waals surface area (Å²) < 4.78 is 10.6. The van der Waals surface area contributed by atoms with Crippen molar-refractivity contribution < 1.29 is 14.3 Å². The van der Waals surface area contributed by atoms with Crippen molar-refractivity contribution in [3.05, 3.63) is 35.4 Å². The molecule has 1 atom stereocenters. The fourth-order valence-corrected chi connectivity index (χ4v) is 2.28. The lowest BCUT2D eigenvalue weighted by Crippen LogP contribution is -2.15. The van der Waals surface area contributed by atoms with Gasteiger partial charge in [0.05, 0.1) is 12.1 Å². The molecule has 1 fully saturated rings. The molecule has 0 radical (unpaired) electrons. The van der Waals surface area contributed by atoms with Crippen LogP contribution in [0.1, 0.15) is 30.1 Å². The highest BCUT2D eigenvalue weighted by atomic mass is 16.5. The Balaban J connectivity index is 2.39. The third-order valence-electron chi connectivity index (χ3n) is 3.39. The molecule has 0 spiro atoms. The van der Waals surface area contributed by atoms with Gasteiger partial charge in [-0.2, -0.15) is 4.99 Å². The number of benzene rings is 1. The van der Waals surface area contributed by atoms with Crippen LogP contribution in [-0.2, 0) is 19.8 Å². The lowest BCUT2D eigenvalue weighted by molar-refractivity contribution is 0.0267. The van der Waals surface area contributed by atoms with Gasteiger partial charge in [0.15, 0.2) is 0 Å². The highest BCUT2D eigenvalue weighted by molar-refractivity contribution is 5.45. The SMILES string of the molecule is COCC(OC)c1ccccc1C1(N=C=O)CC1. The Kier molecular flexibility index (Phi) is 3.92. The number of hydrogen-bond acceptors (Lipinski definition) is 4. The molecule has 0 bridgehead atoms. The Morgan fingerprint density at radius 1 is 1.39 bits per heavy atom. The van der Waals surface area contributed by atoms with Crippen molar-refractivity contribution in [1.82, 2.24) is 0 Å². The fraction of sp³-hybridized carbons (Fsp3) is 0.500. The van der Waals surface area contributed by atoms with Crippen molar-refractivity contribution in [2.45, 2.75) is 24.5 Å². The Hall–Kier alpha value is -1.48. The zero-order chi connectivity index (χ0) is 13.0. The summed E-state index contributed by atoms with van der Waals surface area (Å²) in [6.07, 6.45) is 3.34. The number of isocyanates is 1. The summed E-state index contributed by atoms with van der Waals surface area (Å²) in [4.78, 5) is 14.5. The van der Waals surface area contributed by atoms with Crippen molar-refractivity contribution in [3.8, 4) is 0 Å². The number of carbonyl (C=O) groups excluding carboxylic acids is 1. The standard InChI is InChI=1S/C14H17NO3/c1-17-9-13(18-2)11-5-3-4-6-12(11)14(7-8-14)15-10-16/h3-6,13H,7-9H2,1-2H3. The van der Waals surface area contributed by atoms with Gasteiger partial charge in [0.2, 0.25) is 6.08 Å². The first-order chi connectivity index (χ1) is 8.77. The van der Waals surface area contributed by atoms with Crippen molar-refractivity contribution >= 4 is 6.08 Å². The molecule has 18 heavy (non-hydrogen) atoms. The van der Waals surface area contributed by atoms with Gasteiger partial charge in [-0.05, 0) is 24.0 Å². The van der Waals surface area contributed by atoms with E-state index >= 15 is 0 Å². The van der Waals surface area contributed by atoms with E-state index in [4.69, 9.17) is 9.47 Å². The van der Waals surface area contributed by atoms with E-state index < -0.39 is 0 Å². The predicted octanol–water partition coefficient (Wildman–Crippen LogP) is 2.35. The first-order valence-electron chi connectivity index (χ1n) is 5.97. The van der Waals surface area contributed by atoms with Crippen molar-refractivity contribution in [2.24, 2.45) is 4.99 Å². The van der Waals surface area contributed by atoms with E-state index in [2.05, 4.69) is 4.99 Å². The van der Waals surface area contributed by atoms with Gasteiger partial charge in [0.1, 0.15) is 6.10 Å². The summed E-state index contributed by atoms with van der Waals surface area (Å²) in [5, 5.41) is 0. The summed E-state index contributed by atoms with van der Waals surface area (Å²) in [7, 11) is 3.30. The number of ether oxygens (including phenoxy) is 2. The normalized spacial score (nSPS) is 17.9. The lowest BCUT2D eigenvalue weighted by Gasteiger charge is -2.21. The number of nitrogens with zero attached hydrogens (tertiary/aromatic N) is 1. The van der Waals surface area contributed by atoms with Crippen LogP contribution in [0, 0.1) is 0 Å². The van der Waals surface area contributed by atoms with Crippen LogP contribution in [0.3, 0.4) is 0 Å². The van der Waals surface area contributed by atoms with Gasteiger partial charge in [-0.3, -0.25) is 0 Å². The molecule has 1 unspecified atom stereocenters. The highest BCUT2D eigenvalue weighted by Crippen LogP contribution is 2.51. The molecule has 0 saturated heterocycles. The molecule has 0 N–H and O–H groups in total. The van der Waals surface area contributed by atoms with Crippen LogP contribution in [0.15, 0.2) is 29.3 Å². The molecule has 0 heterocycles. The van der Waals surface area contributed by atoms with Crippen LogP contribution >= 0.6 is 0 Å². The lowest BCUT2D eigenvalue weighted by atomic mass is 9.95. The maximum Gasteiger partial charge on any atom is 0.235 e. The number of aliphatic imine (C=N–C) groups is 1. The maximum atomic E-state index is 10.6. The van der Waals surface area contributed by atoms with Crippen LogP contribution < -0.4 is 0 Å². The topological polar surface area (TPSA) is 47.9 Å². The van der Waals surface area contributed by atoms with Gasteiger partial charge in [0, 0.05) is 14.2 Å². The van der Waals surface area contributed by atoms with E-state index in [1.54, 1.807) is 20.3 Å². The van der Waals surface area contributed by atoms with E-state index in [1.165, 1.54) is 0 Å². The third kappa shape index (κ3) is 2.36. The molecule has 96 valence electrons. The second-order valence-electron chi connectivity index (χ2n) is 4.50. The number of methoxy groups -OCH3 is 2. The minimum atomic E-state index is -0.372. The van der Waals surface area contributed by atoms with Crippen LogP contribution in [0.4, 0.5) is 0 Å². The Labute approximate surface area is 107 Å². The monoisotopic (exact) mass is 247 g/mol. The van der Waals surface area contributed by atoms with Gasteiger partial charge in [-0.25, -0.2) is 4.79 Å². The third-order valence-corrected chi connectivity index (χ3v) is 3.39. The second kappa shape index (κ2) is 5.44. The molecule has 2 rings (SSSR count). The molecule has 1 aliphatic carbocycles. The Morgan fingerprint density at radius 3 is 2.67 bits per heavy atom. The first kappa shape index (κ1) is 13.0.